The van der Waals surface area contributed by atoms with E-state index in [4.69, 9.17) is 16.3 Å². The predicted octanol–water partition coefficient (Wildman–Crippen LogP) is 6.08. The first-order chi connectivity index (χ1) is 17.6. The van der Waals surface area contributed by atoms with Crippen LogP contribution in [-0.2, 0) is 11.3 Å². The van der Waals surface area contributed by atoms with Crippen molar-refractivity contribution < 1.29 is 14.3 Å². The number of thioether (sulfide) groups is 1. The SMILES string of the molecule is O=C(NCCOc1cccc2ccccc12)c1ccc([C@H]2SCC(=O)N2Cc2ccc(Cl)cc2)cc1. The molecule has 0 spiro atoms. The second-order valence-corrected chi connectivity index (χ2v) is 10.0. The fourth-order valence-electron chi connectivity index (χ4n) is 4.24. The van der Waals surface area contributed by atoms with Crippen molar-refractivity contribution in [2.45, 2.75) is 11.9 Å². The van der Waals surface area contributed by atoms with E-state index < -0.39 is 0 Å². The normalized spacial score (nSPS) is 15.3. The summed E-state index contributed by atoms with van der Waals surface area (Å²) in [6.07, 6.45) is 0. The van der Waals surface area contributed by atoms with Crippen LogP contribution in [0.2, 0.25) is 5.02 Å². The highest BCUT2D eigenvalue weighted by atomic mass is 35.5. The fraction of sp³-hybridized carbons (Fsp3) is 0.172. The monoisotopic (exact) mass is 516 g/mol. The van der Waals surface area contributed by atoms with Crippen molar-refractivity contribution in [1.82, 2.24) is 10.2 Å². The summed E-state index contributed by atoms with van der Waals surface area (Å²) >= 11 is 7.58. The highest BCUT2D eigenvalue weighted by Gasteiger charge is 2.32. The molecule has 4 aromatic rings. The van der Waals surface area contributed by atoms with E-state index in [0.29, 0.717) is 36.0 Å². The van der Waals surface area contributed by atoms with Gasteiger partial charge in [0.05, 0.1) is 12.3 Å². The number of hydrogen-bond acceptors (Lipinski definition) is 4. The summed E-state index contributed by atoms with van der Waals surface area (Å²) in [6, 6.07) is 29.0. The Kier molecular flexibility index (Phi) is 7.44. The van der Waals surface area contributed by atoms with Crippen LogP contribution in [0.3, 0.4) is 0 Å². The molecule has 0 saturated carbocycles. The van der Waals surface area contributed by atoms with E-state index in [9.17, 15) is 9.59 Å². The average molecular weight is 517 g/mol. The summed E-state index contributed by atoms with van der Waals surface area (Å²) in [5, 5.41) is 5.67. The highest BCUT2D eigenvalue weighted by Crippen LogP contribution is 2.39. The van der Waals surface area contributed by atoms with E-state index in [1.807, 2.05) is 83.8 Å². The number of fused-ring (bicyclic) bond motifs is 1. The summed E-state index contributed by atoms with van der Waals surface area (Å²) in [6.45, 7) is 1.29. The quantitative estimate of drug-likeness (QED) is 0.288. The van der Waals surface area contributed by atoms with E-state index in [1.54, 1.807) is 23.9 Å². The van der Waals surface area contributed by atoms with Gasteiger partial charge in [0.25, 0.3) is 5.91 Å². The van der Waals surface area contributed by atoms with E-state index in [0.717, 1.165) is 27.6 Å². The van der Waals surface area contributed by atoms with Crippen molar-refractivity contribution in [1.29, 1.82) is 0 Å². The molecule has 1 aliphatic rings. The average Bonchev–Trinajstić information content (AvgIpc) is 3.27. The molecule has 2 amide bonds. The number of ether oxygens (including phenoxy) is 1. The van der Waals surface area contributed by atoms with Crippen LogP contribution in [0.15, 0.2) is 91.0 Å². The topological polar surface area (TPSA) is 58.6 Å². The van der Waals surface area contributed by atoms with E-state index >= 15 is 0 Å². The van der Waals surface area contributed by atoms with Crippen LogP contribution >= 0.6 is 23.4 Å². The van der Waals surface area contributed by atoms with Gasteiger partial charge in [-0.1, -0.05) is 72.3 Å². The third-order valence-electron chi connectivity index (χ3n) is 6.09. The summed E-state index contributed by atoms with van der Waals surface area (Å²) in [7, 11) is 0. The van der Waals surface area contributed by atoms with Crippen LogP contribution in [0.4, 0.5) is 0 Å². The van der Waals surface area contributed by atoms with Gasteiger partial charge in [-0.15, -0.1) is 11.8 Å². The van der Waals surface area contributed by atoms with Crippen LogP contribution in [0.5, 0.6) is 5.75 Å². The lowest BCUT2D eigenvalue weighted by atomic mass is 10.1. The Morgan fingerprint density at radius 1 is 0.972 bits per heavy atom. The summed E-state index contributed by atoms with van der Waals surface area (Å²) in [5.41, 5.74) is 2.60. The highest BCUT2D eigenvalue weighted by molar-refractivity contribution is 8.00. The molecule has 5 nitrogen and oxygen atoms in total. The molecule has 5 rings (SSSR count). The lowest BCUT2D eigenvalue weighted by Crippen LogP contribution is -2.28. The molecule has 1 heterocycles. The first kappa shape index (κ1) is 24.2. The number of nitrogens with one attached hydrogen (secondary N) is 1. The number of carbonyl (C=O) groups excluding carboxylic acids is 2. The maximum absolute atomic E-state index is 12.6. The van der Waals surface area contributed by atoms with Gasteiger partial charge in [-0.3, -0.25) is 9.59 Å². The minimum atomic E-state index is -0.156. The van der Waals surface area contributed by atoms with Crippen molar-refractivity contribution in [3.8, 4) is 5.75 Å². The predicted molar refractivity (Wildman–Crippen MR) is 145 cm³/mol. The second-order valence-electron chi connectivity index (χ2n) is 8.52. The minimum absolute atomic E-state index is 0.0839. The first-order valence-electron chi connectivity index (χ1n) is 11.7. The van der Waals surface area contributed by atoms with Gasteiger partial charge >= 0.3 is 0 Å². The van der Waals surface area contributed by atoms with Crippen LogP contribution in [0, 0.1) is 0 Å². The van der Waals surface area contributed by atoms with Gasteiger partial charge in [-0.05, 0) is 46.8 Å². The number of benzene rings is 4. The van der Waals surface area contributed by atoms with Crippen molar-refractivity contribution in [3.05, 3.63) is 113 Å². The number of halogens is 1. The number of carbonyl (C=O) groups is 2. The van der Waals surface area contributed by atoms with Gasteiger partial charge < -0.3 is 15.0 Å². The Bertz CT molecular complexity index is 1370. The van der Waals surface area contributed by atoms with Gasteiger partial charge in [0.1, 0.15) is 17.7 Å². The second kappa shape index (κ2) is 11.1. The summed E-state index contributed by atoms with van der Waals surface area (Å²) in [5.74, 6) is 1.19. The molecule has 1 aliphatic heterocycles. The number of rotatable bonds is 8. The lowest BCUT2D eigenvalue weighted by molar-refractivity contribution is -0.128. The fourth-order valence-corrected chi connectivity index (χ4v) is 5.55. The minimum Gasteiger partial charge on any atom is -0.491 e. The zero-order valence-electron chi connectivity index (χ0n) is 19.5. The molecule has 182 valence electrons. The lowest BCUT2D eigenvalue weighted by Gasteiger charge is -2.24. The van der Waals surface area contributed by atoms with E-state index in [-0.39, 0.29) is 17.2 Å². The van der Waals surface area contributed by atoms with Crippen LogP contribution in [0.25, 0.3) is 10.8 Å². The van der Waals surface area contributed by atoms with Gasteiger partial charge in [-0.25, -0.2) is 0 Å². The maximum atomic E-state index is 12.6. The van der Waals surface area contributed by atoms with Gasteiger partial charge in [0, 0.05) is 22.5 Å². The maximum Gasteiger partial charge on any atom is 0.251 e. The molecule has 1 N–H and O–H groups in total. The molecule has 4 aromatic carbocycles. The molecule has 1 fully saturated rings. The summed E-state index contributed by atoms with van der Waals surface area (Å²) < 4.78 is 5.91. The van der Waals surface area contributed by atoms with Gasteiger partial charge in [-0.2, -0.15) is 0 Å². The molecule has 0 bridgehead atoms. The standard InChI is InChI=1S/C29H25ClN2O3S/c30-24-14-8-20(9-15-24)18-32-27(33)19-36-29(32)23-12-10-22(11-13-23)28(34)31-16-17-35-26-7-3-5-21-4-1-2-6-25(21)26/h1-15,29H,16-19H2,(H,31,34)/t29-/m1/s1. The Morgan fingerprint density at radius 2 is 1.72 bits per heavy atom. The zero-order chi connectivity index (χ0) is 24.9. The molecule has 0 aromatic heterocycles. The van der Waals surface area contributed by atoms with Crippen molar-refractivity contribution in [3.63, 3.8) is 0 Å². The Hall–Kier alpha value is -3.48. The molecule has 7 heteroatoms. The number of nitrogens with zero attached hydrogens (tertiary/aromatic N) is 1. The Balaban J connectivity index is 1.16. The Labute approximate surface area is 219 Å². The molecular formula is C29H25ClN2O3S. The van der Waals surface area contributed by atoms with E-state index in [2.05, 4.69) is 5.32 Å². The van der Waals surface area contributed by atoms with Crippen LogP contribution < -0.4 is 10.1 Å². The van der Waals surface area contributed by atoms with Crippen LogP contribution in [-0.4, -0.2) is 35.6 Å². The summed E-state index contributed by atoms with van der Waals surface area (Å²) in [4.78, 5) is 27.0. The third-order valence-corrected chi connectivity index (χ3v) is 7.60. The van der Waals surface area contributed by atoms with E-state index in [1.165, 1.54) is 0 Å². The van der Waals surface area contributed by atoms with Crippen molar-refractivity contribution >= 4 is 45.9 Å². The smallest absolute Gasteiger partial charge is 0.251 e. The Morgan fingerprint density at radius 3 is 2.53 bits per heavy atom. The molecule has 1 saturated heterocycles. The number of amides is 2. The number of hydrogen-bond donors (Lipinski definition) is 1. The zero-order valence-corrected chi connectivity index (χ0v) is 21.1. The van der Waals surface area contributed by atoms with Gasteiger partial charge in [0.2, 0.25) is 5.91 Å². The van der Waals surface area contributed by atoms with Crippen molar-refractivity contribution in [2.75, 3.05) is 18.9 Å². The van der Waals surface area contributed by atoms with Gasteiger partial charge in [0.15, 0.2) is 0 Å². The molecule has 0 aliphatic carbocycles. The molecule has 1 atom stereocenters. The van der Waals surface area contributed by atoms with Crippen molar-refractivity contribution in [2.24, 2.45) is 0 Å². The molecule has 0 radical (unpaired) electrons. The molecular weight excluding hydrogens is 492 g/mol. The third kappa shape index (κ3) is 5.50. The van der Waals surface area contributed by atoms with Crippen LogP contribution in [0.1, 0.15) is 26.9 Å². The first-order valence-corrected chi connectivity index (χ1v) is 13.2. The largest absolute Gasteiger partial charge is 0.491 e. The molecule has 36 heavy (non-hydrogen) atoms. The molecule has 0 unspecified atom stereocenters.